The molecule has 142 valence electrons. The lowest BCUT2D eigenvalue weighted by atomic mass is 10.2. The molecule has 3 N–H and O–H groups in total. The molecular weight excluding hydrogens is 382 g/mol. The Labute approximate surface area is 165 Å². The molecule has 0 spiro atoms. The van der Waals surface area contributed by atoms with Crippen LogP contribution in [0.4, 0.5) is 16.2 Å². The van der Waals surface area contributed by atoms with Crippen molar-refractivity contribution < 1.29 is 18.8 Å². The predicted octanol–water partition coefficient (Wildman–Crippen LogP) is 4.52. The van der Waals surface area contributed by atoms with Gasteiger partial charge in [-0.15, -0.1) is 0 Å². The fourth-order valence-electron chi connectivity index (χ4n) is 2.43. The van der Waals surface area contributed by atoms with Gasteiger partial charge >= 0.3 is 6.03 Å². The first kappa shape index (κ1) is 19.2. The van der Waals surface area contributed by atoms with Gasteiger partial charge in [0.25, 0.3) is 5.91 Å². The van der Waals surface area contributed by atoms with E-state index in [9.17, 15) is 14.4 Å². The Morgan fingerprint density at radius 2 is 1.50 bits per heavy atom. The Kier molecular flexibility index (Phi) is 5.76. The summed E-state index contributed by atoms with van der Waals surface area (Å²) in [7, 11) is 0. The highest BCUT2D eigenvalue weighted by Gasteiger charge is 2.16. The Hall–Kier alpha value is -3.58. The van der Waals surface area contributed by atoms with E-state index in [1.807, 2.05) is 0 Å². The largest absolute Gasteiger partial charge is 0.451 e. The van der Waals surface area contributed by atoms with Crippen LogP contribution in [-0.2, 0) is 4.79 Å². The third kappa shape index (κ3) is 4.77. The molecule has 0 saturated heterocycles. The highest BCUT2D eigenvalue weighted by atomic mass is 35.5. The minimum atomic E-state index is -0.715. The third-order valence-corrected chi connectivity index (χ3v) is 3.99. The number of carbonyl (C=O) groups is 3. The van der Waals surface area contributed by atoms with Crippen LogP contribution >= 0.6 is 11.6 Å². The van der Waals surface area contributed by atoms with E-state index >= 15 is 0 Å². The maximum absolute atomic E-state index is 12.2. The summed E-state index contributed by atoms with van der Waals surface area (Å²) in [6.07, 6.45) is 0. The number of carbonyl (C=O) groups excluding carboxylic acids is 3. The number of benzene rings is 2. The van der Waals surface area contributed by atoms with Crippen molar-refractivity contribution in [2.24, 2.45) is 0 Å². The van der Waals surface area contributed by atoms with Crippen LogP contribution in [0.2, 0.25) is 5.02 Å². The summed E-state index contributed by atoms with van der Waals surface area (Å²) < 4.78 is 5.50. The van der Waals surface area contributed by atoms with E-state index in [0.29, 0.717) is 27.7 Å². The first-order chi connectivity index (χ1) is 13.4. The minimum absolute atomic E-state index is 0.0222. The molecule has 0 fully saturated rings. The maximum atomic E-state index is 12.2. The number of rotatable bonds is 4. The molecule has 0 bridgehead atoms. The summed E-state index contributed by atoms with van der Waals surface area (Å²) in [5.74, 6) is -0.486. The van der Waals surface area contributed by atoms with Gasteiger partial charge < -0.3 is 15.1 Å². The number of imide groups is 1. The van der Waals surface area contributed by atoms with E-state index in [-0.39, 0.29) is 11.7 Å². The van der Waals surface area contributed by atoms with Crippen LogP contribution < -0.4 is 16.0 Å². The van der Waals surface area contributed by atoms with Crippen molar-refractivity contribution in [2.45, 2.75) is 6.92 Å². The van der Waals surface area contributed by atoms with E-state index in [1.54, 1.807) is 54.6 Å². The van der Waals surface area contributed by atoms with Crippen LogP contribution in [-0.4, -0.2) is 17.8 Å². The fraction of sp³-hybridized carbons (Fsp3) is 0.0500. The molecule has 0 unspecified atom stereocenters. The molecule has 28 heavy (non-hydrogen) atoms. The predicted molar refractivity (Wildman–Crippen MR) is 106 cm³/mol. The zero-order valence-corrected chi connectivity index (χ0v) is 15.5. The summed E-state index contributed by atoms with van der Waals surface area (Å²) in [6, 6.07) is 15.9. The van der Waals surface area contributed by atoms with Crippen LogP contribution in [0, 0.1) is 0 Å². The molecule has 7 nitrogen and oxygen atoms in total. The van der Waals surface area contributed by atoms with Crippen LogP contribution in [0.5, 0.6) is 0 Å². The van der Waals surface area contributed by atoms with Gasteiger partial charge in [0, 0.05) is 23.9 Å². The van der Waals surface area contributed by atoms with Crippen LogP contribution in [0.3, 0.4) is 0 Å². The molecule has 0 atom stereocenters. The van der Waals surface area contributed by atoms with Crippen LogP contribution in [0.25, 0.3) is 11.3 Å². The SMILES string of the molecule is CC(=O)Nc1ccc(NC(=O)NC(=O)c2ccc(-c3ccccc3Cl)o2)cc1. The zero-order valence-electron chi connectivity index (χ0n) is 14.8. The normalized spacial score (nSPS) is 10.2. The van der Waals surface area contributed by atoms with E-state index in [0.717, 1.165) is 0 Å². The average Bonchev–Trinajstić information content (AvgIpc) is 3.13. The molecule has 2 aromatic carbocycles. The zero-order chi connectivity index (χ0) is 20.1. The Bertz CT molecular complexity index is 1030. The number of urea groups is 1. The van der Waals surface area contributed by atoms with Crippen LogP contribution in [0.1, 0.15) is 17.5 Å². The van der Waals surface area contributed by atoms with Gasteiger partial charge in [0.15, 0.2) is 5.76 Å². The average molecular weight is 398 g/mol. The molecule has 4 amide bonds. The van der Waals surface area contributed by atoms with Gasteiger partial charge in [-0.3, -0.25) is 14.9 Å². The van der Waals surface area contributed by atoms with Gasteiger partial charge in [-0.05, 0) is 48.5 Å². The van der Waals surface area contributed by atoms with Gasteiger partial charge in [-0.1, -0.05) is 23.7 Å². The molecule has 0 saturated carbocycles. The van der Waals surface area contributed by atoms with Gasteiger partial charge in [-0.25, -0.2) is 4.79 Å². The Morgan fingerprint density at radius 3 is 2.14 bits per heavy atom. The van der Waals surface area contributed by atoms with E-state index in [2.05, 4.69) is 16.0 Å². The number of halogens is 1. The second-order valence-corrected chi connectivity index (χ2v) is 6.22. The Balaban J connectivity index is 1.61. The van der Waals surface area contributed by atoms with Crippen molar-refractivity contribution in [3.63, 3.8) is 0 Å². The third-order valence-electron chi connectivity index (χ3n) is 3.66. The topological polar surface area (TPSA) is 100 Å². The lowest BCUT2D eigenvalue weighted by Crippen LogP contribution is -2.34. The highest BCUT2D eigenvalue weighted by Crippen LogP contribution is 2.29. The van der Waals surface area contributed by atoms with Crippen molar-refractivity contribution in [1.82, 2.24) is 5.32 Å². The lowest BCUT2D eigenvalue weighted by Gasteiger charge is -2.07. The molecule has 1 aromatic heterocycles. The van der Waals surface area contributed by atoms with Gasteiger partial charge in [0.2, 0.25) is 5.91 Å². The molecule has 8 heteroatoms. The molecule has 0 radical (unpaired) electrons. The first-order valence-electron chi connectivity index (χ1n) is 8.27. The van der Waals surface area contributed by atoms with Gasteiger partial charge in [0.1, 0.15) is 5.76 Å². The summed E-state index contributed by atoms with van der Waals surface area (Å²) in [4.78, 5) is 35.2. The number of hydrogen-bond donors (Lipinski definition) is 3. The maximum Gasteiger partial charge on any atom is 0.326 e. The van der Waals surface area contributed by atoms with E-state index in [4.69, 9.17) is 16.0 Å². The standard InChI is InChI=1S/C20H16ClN3O4/c1-12(25)22-13-6-8-14(9-7-13)23-20(27)24-19(26)18-11-10-17(28-18)15-4-2-3-5-16(15)21/h2-11H,1H3,(H,22,25)(H2,23,24,26,27). The lowest BCUT2D eigenvalue weighted by molar-refractivity contribution is -0.114. The molecule has 1 heterocycles. The quantitative estimate of drug-likeness (QED) is 0.602. The summed E-state index contributed by atoms with van der Waals surface area (Å²) >= 11 is 6.11. The second-order valence-electron chi connectivity index (χ2n) is 5.81. The van der Waals surface area contributed by atoms with Crippen molar-refractivity contribution >= 4 is 40.8 Å². The number of hydrogen-bond acceptors (Lipinski definition) is 4. The number of amides is 4. The summed E-state index contributed by atoms with van der Waals surface area (Å²) in [5, 5.41) is 7.82. The summed E-state index contributed by atoms with van der Waals surface area (Å²) in [5.41, 5.74) is 1.69. The van der Waals surface area contributed by atoms with E-state index < -0.39 is 11.9 Å². The smallest absolute Gasteiger partial charge is 0.326 e. The van der Waals surface area contributed by atoms with Crippen molar-refractivity contribution in [2.75, 3.05) is 10.6 Å². The molecule has 0 aliphatic rings. The molecule has 0 aliphatic heterocycles. The number of anilines is 2. The Morgan fingerprint density at radius 1 is 0.857 bits per heavy atom. The van der Waals surface area contributed by atoms with Gasteiger partial charge in [-0.2, -0.15) is 0 Å². The molecule has 3 rings (SSSR count). The number of furan rings is 1. The van der Waals surface area contributed by atoms with Crippen molar-refractivity contribution in [3.05, 3.63) is 71.4 Å². The van der Waals surface area contributed by atoms with E-state index in [1.165, 1.54) is 13.0 Å². The van der Waals surface area contributed by atoms with Crippen LogP contribution in [0.15, 0.2) is 65.1 Å². The summed E-state index contributed by atoms with van der Waals surface area (Å²) in [6.45, 7) is 1.40. The molecular formula is C20H16ClN3O4. The fourth-order valence-corrected chi connectivity index (χ4v) is 2.66. The van der Waals surface area contributed by atoms with Gasteiger partial charge in [0.05, 0.1) is 5.02 Å². The highest BCUT2D eigenvalue weighted by molar-refractivity contribution is 6.33. The molecule has 0 aliphatic carbocycles. The monoisotopic (exact) mass is 397 g/mol. The molecule has 3 aromatic rings. The van der Waals surface area contributed by atoms with Crippen molar-refractivity contribution in [1.29, 1.82) is 0 Å². The van der Waals surface area contributed by atoms with Crippen molar-refractivity contribution in [3.8, 4) is 11.3 Å². The minimum Gasteiger partial charge on any atom is -0.451 e. The second kappa shape index (κ2) is 8.41. The number of nitrogens with one attached hydrogen (secondary N) is 3. The first-order valence-corrected chi connectivity index (χ1v) is 8.65.